The van der Waals surface area contributed by atoms with Crippen LogP contribution in [0.4, 0.5) is 5.69 Å². The van der Waals surface area contributed by atoms with Gasteiger partial charge in [-0.3, -0.25) is 4.79 Å². The molecule has 5 heteroatoms. The van der Waals surface area contributed by atoms with Crippen LogP contribution in [-0.2, 0) is 4.79 Å². The Morgan fingerprint density at radius 1 is 1.47 bits per heavy atom. The molecule has 1 rings (SSSR count). The number of amides is 1. The number of nitrogens with one attached hydrogen (secondary N) is 2. The number of halogens is 1. The summed E-state index contributed by atoms with van der Waals surface area (Å²) in [4.78, 5) is 10.7. The molecule has 0 unspecified atom stereocenters. The van der Waals surface area contributed by atoms with E-state index in [-0.39, 0.29) is 11.0 Å². The first-order chi connectivity index (χ1) is 7.00. The van der Waals surface area contributed by atoms with Crippen LogP contribution in [0, 0.1) is 6.92 Å². The molecule has 0 fully saturated rings. The SMILES string of the molecule is CC(=O)NC(=S)Nc1cccc(Cl)c1C. The maximum Gasteiger partial charge on any atom is 0.222 e. The average molecular weight is 243 g/mol. The first-order valence-electron chi connectivity index (χ1n) is 4.34. The summed E-state index contributed by atoms with van der Waals surface area (Å²) in [5, 5.41) is 6.30. The zero-order chi connectivity index (χ0) is 11.4. The normalized spacial score (nSPS) is 9.53. The van der Waals surface area contributed by atoms with Gasteiger partial charge in [-0.2, -0.15) is 0 Å². The van der Waals surface area contributed by atoms with Gasteiger partial charge in [0.05, 0.1) is 0 Å². The molecule has 1 aromatic rings. The Labute approximate surface area is 98.8 Å². The van der Waals surface area contributed by atoms with E-state index >= 15 is 0 Å². The fourth-order valence-corrected chi connectivity index (χ4v) is 1.48. The van der Waals surface area contributed by atoms with Gasteiger partial charge >= 0.3 is 0 Å². The van der Waals surface area contributed by atoms with E-state index in [1.807, 2.05) is 19.1 Å². The monoisotopic (exact) mass is 242 g/mol. The minimum Gasteiger partial charge on any atom is -0.332 e. The summed E-state index contributed by atoms with van der Waals surface area (Å²) in [6, 6.07) is 5.45. The molecule has 80 valence electrons. The van der Waals surface area contributed by atoms with E-state index in [1.165, 1.54) is 6.92 Å². The molecule has 1 aromatic carbocycles. The molecule has 0 radical (unpaired) electrons. The molecule has 0 aliphatic heterocycles. The Morgan fingerprint density at radius 2 is 2.13 bits per heavy atom. The number of thiocarbonyl (C=S) groups is 1. The standard InChI is InChI=1S/C10H11ClN2OS/c1-6-8(11)4-3-5-9(6)13-10(15)12-7(2)14/h3-5H,1-2H3,(H2,12,13,14,15). The number of hydrogen-bond acceptors (Lipinski definition) is 2. The zero-order valence-electron chi connectivity index (χ0n) is 8.43. The summed E-state index contributed by atoms with van der Waals surface area (Å²) in [5.74, 6) is -0.202. The number of anilines is 1. The van der Waals surface area contributed by atoms with Gasteiger partial charge in [0.15, 0.2) is 5.11 Å². The van der Waals surface area contributed by atoms with Gasteiger partial charge in [0.1, 0.15) is 0 Å². The lowest BCUT2D eigenvalue weighted by Crippen LogP contribution is -2.32. The number of carbonyl (C=O) groups is 1. The molecule has 0 atom stereocenters. The van der Waals surface area contributed by atoms with Gasteiger partial charge in [-0.1, -0.05) is 17.7 Å². The molecule has 0 aliphatic rings. The van der Waals surface area contributed by atoms with Crippen LogP contribution in [-0.4, -0.2) is 11.0 Å². The van der Waals surface area contributed by atoms with E-state index in [9.17, 15) is 4.79 Å². The van der Waals surface area contributed by atoms with Crippen molar-refractivity contribution in [3.05, 3.63) is 28.8 Å². The third kappa shape index (κ3) is 3.49. The lowest BCUT2D eigenvalue weighted by molar-refractivity contribution is -0.117. The second-order valence-corrected chi connectivity index (χ2v) is 3.86. The first-order valence-corrected chi connectivity index (χ1v) is 5.13. The number of carbonyl (C=O) groups excluding carboxylic acids is 1. The van der Waals surface area contributed by atoms with Gasteiger partial charge in [0.2, 0.25) is 5.91 Å². The highest BCUT2D eigenvalue weighted by Gasteiger charge is 2.04. The Morgan fingerprint density at radius 3 is 2.73 bits per heavy atom. The van der Waals surface area contributed by atoms with Crippen LogP contribution in [0.15, 0.2) is 18.2 Å². The predicted octanol–water partition coefficient (Wildman–Crippen LogP) is 2.48. The van der Waals surface area contributed by atoms with E-state index in [0.29, 0.717) is 5.02 Å². The topological polar surface area (TPSA) is 41.1 Å². The van der Waals surface area contributed by atoms with Crippen molar-refractivity contribution >= 4 is 40.5 Å². The summed E-state index contributed by atoms with van der Waals surface area (Å²) < 4.78 is 0. The predicted molar refractivity (Wildman–Crippen MR) is 66.2 cm³/mol. The molecular weight excluding hydrogens is 232 g/mol. The van der Waals surface area contributed by atoms with Gasteiger partial charge < -0.3 is 10.6 Å². The average Bonchev–Trinajstić information content (AvgIpc) is 2.11. The summed E-state index contributed by atoms with van der Waals surface area (Å²) in [6.07, 6.45) is 0. The Kier molecular flexibility index (Phi) is 4.05. The highest BCUT2D eigenvalue weighted by Crippen LogP contribution is 2.22. The van der Waals surface area contributed by atoms with Gasteiger partial charge in [0.25, 0.3) is 0 Å². The third-order valence-corrected chi connectivity index (χ3v) is 2.42. The minimum absolute atomic E-state index is 0.202. The molecule has 0 aromatic heterocycles. The molecule has 2 N–H and O–H groups in total. The van der Waals surface area contributed by atoms with Crippen molar-refractivity contribution in [1.29, 1.82) is 0 Å². The fourth-order valence-electron chi connectivity index (χ4n) is 1.06. The summed E-state index contributed by atoms with van der Waals surface area (Å²) in [5.41, 5.74) is 1.69. The lowest BCUT2D eigenvalue weighted by atomic mass is 10.2. The smallest absolute Gasteiger partial charge is 0.222 e. The fraction of sp³-hybridized carbons (Fsp3) is 0.200. The summed E-state index contributed by atoms with van der Waals surface area (Å²) in [7, 11) is 0. The third-order valence-electron chi connectivity index (χ3n) is 1.81. The molecule has 3 nitrogen and oxygen atoms in total. The molecule has 1 amide bonds. The van der Waals surface area contributed by atoms with Crippen molar-refractivity contribution in [2.75, 3.05) is 5.32 Å². The van der Waals surface area contributed by atoms with E-state index in [4.69, 9.17) is 23.8 Å². The van der Waals surface area contributed by atoms with E-state index in [1.54, 1.807) is 6.07 Å². The quantitative estimate of drug-likeness (QED) is 0.744. The van der Waals surface area contributed by atoms with Gasteiger partial charge in [-0.25, -0.2) is 0 Å². The maximum atomic E-state index is 10.7. The van der Waals surface area contributed by atoms with Crippen molar-refractivity contribution in [2.45, 2.75) is 13.8 Å². The van der Waals surface area contributed by atoms with E-state index in [2.05, 4.69) is 10.6 Å². The number of hydrogen-bond donors (Lipinski definition) is 2. The van der Waals surface area contributed by atoms with Crippen molar-refractivity contribution in [1.82, 2.24) is 5.32 Å². The van der Waals surface area contributed by atoms with Crippen molar-refractivity contribution in [3.8, 4) is 0 Å². The Hall–Kier alpha value is -1.13. The highest BCUT2D eigenvalue weighted by atomic mass is 35.5. The van der Waals surface area contributed by atoms with Crippen LogP contribution in [0.3, 0.4) is 0 Å². The molecule has 0 bridgehead atoms. The largest absolute Gasteiger partial charge is 0.332 e. The van der Waals surface area contributed by atoms with Crippen molar-refractivity contribution < 1.29 is 4.79 Å². The molecule has 0 spiro atoms. The lowest BCUT2D eigenvalue weighted by Gasteiger charge is -2.11. The second-order valence-electron chi connectivity index (χ2n) is 3.05. The Bertz CT molecular complexity index is 406. The van der Waals surface area contributed by atoms with E-state index < -0.39 is 0 Å². The van der Waals surface area contributed by atoms with Crippen LogP contribution in [0.5, 0.6) is 0 Å². The van der Waals surface area contributed by atoms with Crippen LogP contribution < -0.4 is 10.6 Å². The Balaban J connectivity index is 2.77. The molecule has 0 saturated carbocycles. The van der Waals surface area contributed by atoms with Crippen LogP contribution >= 0.6 is 23.8 Å². The van der Waals surface area contributed by atoms with Crippen molar-refractivity contribution in [2.24, 2.45) is 0 Å². The van der Waals surface area contributed by atoms with Gasteiger partial charge in [-0.05, 0) is 36.8 Å². The van der Waals surface area contributed by atoms with Crippen LogP contribution in [0.1, 0.15) is 12.5 Å². The molecule has 0 saturated heterocycles. The summed E-state index contributed by atoms with van der Waals surface area (Å²) in [6.45, 7) is 3.28. The van der Waals surface area contributed by atoms with Gasteiger partial charge in [-0.15, -0.1) is 0 Å². The molecule has 0 heterocycles. The zero-order valence-corrected chi connectivity index (χ0v) is 10.00. The van der Waals surface area contributed by atoms with Crippen molar-refractivity contribution in [3.63, 3.8) is 0 Å². The van der Waals surface area contributed by atoms with Gasteiger partial charge in [0, 0.05) is 17.6 Å². The number of benzene rings is 1. The van der Waals surface area contributed by atoms with Crippen LogP contribution in [0.2, 0.25) is 5.02 Å². The molecule has 0 aliphatic carbocycles. The molecule has 15 heavy (non-hydrogen) atoms. The number of rotatable bonds is 1. The van der Waals surface area contributed by atoms with Crippen LogP contribution in [0.25, 0.3) is 0 Å². The minimum atomic E-state index is -0.202. The maximum absolute atomic E-state index is 10.7. The second kappa shape index (κ2) is 5.09. The summed E-state index contributed by atoms with van der Waals surface area (Å²) >= 11 is 10.9. The van der Waals surface area contributed by atoms with E-state index in [0.717, 1.165) is 11.3 Å². The molecular formula is C10H11ClN2OS. The first kappa shape index (κ1) is 11.9. The highest BCUT2D eigenvalue weighted by molar-refractivity contribution is 7.80.